The van der Waals surface area contributed by atoms with Crippen LogP contribution in [0.3, 0.4) is 0 Å². The molecule has 0 aromatic heterocycles. The average Bonchev–Trinajstić information content (AvgIpc) is 3.22. The topological polar surface area (TPSA) is 77.4 Å². The zero-order valence-corrected chi connectivity index (χ0v) is 15.0. The molecule has 0 spiro atoms. The number of nitrogens with one attached hydrogen (secondary N) is 2. The minimum Gasteiger partial charge on any atom is -0.376 e. The number of nitrogens with zero attached hydrogens (tertiary/aromatic N) is 2. The predicted octanol–water partition coefficient (Wildman–Crippen LogP) is 2.79. The Hall–Kier alpha value is -2.52. The van der Waals surface area contributed by atoms with Gasteiger partial charge in [0.25, 0.3) is 5.91 Å². The first-order valence-electron chi connectivity index (χ1n) is 9.38. The van der Waals surface area contributed by atoms with Crippen LogP contribution in [-0.4, -0.2) is 38.3 Å². The van der Waals surface area contributed by atoms with Crippen molar-refractivity contribution < 1.29 is 9.53 Å². The number of rotatable bonds is 6. The first-order chi connectivity index (χ1) is 12.8. The Kier molecular flexibility index (Phi) is 6.50. The van der Waals surface area contributed by atoms with Gasteiger partial charge in [-0.2, -0.15) is 5.26 Å². The van der Waals surface area contributed by atoms with Crippen LogP contribution in [0.15, 0.2) is 36.0 Å². The summed E-state index contributed by atoms with van der Waals surface area (Å²) >= 11 is 0. The summed E-state index contributed by atoms with van der Waals surface area (Å²) in [5.41, 5.74) is 2.13. The van der Waals surface area contributed by atoms with Gasteiger partial charge in [-0.15, -0.1) is 0 Å². The van der Waals surface area contributed by atoms with E-state index in [1.165, 1.54) is 31.1 Å². The molecule has 2 heterocycles. The number of anilines is 2. The number of ether oxygens (including phenoxy) is 1. The van der Waals surface area contributed by atoms with E-state index in [2.05, 4.69) is 27.7 Å². The highest BCUT2D eigenvalue weighted by Crippen LogP contribution is 2.21. The maximum absolute atomic E-state index is 12.1. The van der Waals surface area contributed by atoms with E-state index in [1.807, 2.05) is 18.2 Å². The third-order valence-electron chi connectivity index (χ3n) is 4.85. The Labute approximate surface area is 154 Å². The summed E-state index contributed by atoms with van der Waals surface area (Å²) in [6.45, 7) is 3.41. The van der Waals surface area contributed by atoms with E-state index < -0.39 is 0 Å². The first kappa shape index (κ1) is 18.3. The maximum Gasteiger partial charge on any atom is 0.263 e. The molecule has 0 radical (unpaired) electrons. The van der Waals surface area contributed by atoms with Crippen molar-refractivity contribution in [1.82, 2.24) is 5.32 Å². The highest BCUT2D eigenvalue weighted by atomic mass is 16.5. The van der Waals surface area contributed by atoms with Crippen molar-refractivity contribution in [1.29, 1.82) is 5.26 Å². The highest BCUT2D eigenvalue weighted by molar-refractivity contribution is 5.97. The molecule has 1 unspecified atom stereocenters. The molecule has 0 saturated carbocycles. The Morgan fingerprint density at radius 2 is 2.00 bits per heavy atom. The molecule has 2 fully saturated rings. The summed E-state index contributed by atoms with van der Waals surface area (Å²) in [6.07, 6.45) is 7.30. The predicted molar refractivity (Wildman–Crippen MR) is 102 cm³/mol. The van der Waals surface area contributed by atoms with Gasteiger partial charge in [-0.05, 0) is 56.4 Å². The Morgan fingerprint density at radius 1 is 1.23 bits per heavy atom. The van der Waals surface area contributed by atoms with Crippen LogP contribution >= 0.6 is 0 Å². The van der Waals surface area contributed by atoms with Crippen LogP contribution in [0.4, 0.5) is 11.4 Å². The third-order valence-corrected chi connectivity index (χ3v) is 4.85. The molecule has 138 valence electrons. The van der Waals surface area contributed by atoms with E-state index in [9.17, 15) is 10.1 Å². The number of piperidine rings is 1. The largest absolute Gasteiger partial charge is 0.376 e. The summed E-state index contributed by atoms with van der Waals surface area (Å²) in [5.74, 6) is -0.375. The number of benzene rings is 1. The molecule has 1 aromatic rings. The average molecular weight is 354 g/mol. The van der Waals surface area contributed by atoms with Gasteiger partial charge >= 0.3 is 0 Å². The number of hydrogen-bond donors (Lipinski definition) is 2. The summed E-state index contributed by atoms with van der Waals surface area (Å²) in [4.78, 5) is 14.5. The van der Waals surface area contributed by atoms with Gasteiger partial charge in [0.15, 0.2) is 0 Å². The van der Waals surface area contributed by atoms with E-state index >= 15 is 0 Å². The smallest absolute Gasteiger partial charge is 0.263 e. The minimum atomic E-state index is -0.375. The van der Waals surface area contributed by atoms with Gasteiger partial charge in [-0.1, -0.05) is 0 Å². The molecule has 1 amide bonds. The van der Waals surface area contributed by atoms with Crippen molar-refractivity contribution in [3.05, 3.63) is 36.0 Å². The van der Waals surface area contributed by atoms with Crippen LogP contribution in [0.2, 0.25) is 0 Å². The number of carbonyl (C=O) groups is 1. The van der Waals surface area contributed by atoms with Crippen molar-refractivity contribution >= 4 is 17.3 Å². The second kappa shape index (κ2) is 9.25. The molecular formula is C20H26N4O2. The molecule has 6 heteroatoms. The van der Waals surface area contributed by atoms with Crippen LogP contribution < -0.4 is 15.5 Å². The van der Waals surface area contributed by atoms with Crippen LogP contribution in [0.25, 0.3) is 0 Å². The number of nitriles is 1. The molecule has 0 bridgehead atoms. The highest BCUT2D eigenvalue weighted by Gasteiger charge is 2.17. The fourth-order valence-corrected chi connectivity index (χ4v) is 3.33. The van der Waals surface area contributed by atoms with Gasteiger partial charge < -0.3 is 20.3 Å². The van der Waals surface area contributed by atoms with Crippen molar-refractivity contribution in [2.45, 2.75) is 38.2 Å². The molecule has 2 aliphatic rings. The lowest BCUT2D eigenvalue weighted by Crippen LogP contribution is -2.32. The van der Waals surface area contributed by atoms with Crippen molar-refractivity contribution in [2.24, 2.45) is 0 Å². The van der Waals surface area contributed by atoms with Crippen LogP contribution in [-0.2, 0) is 9.53 Å². The molecule has 6 nitrogen and oxygen atoms in total. The van der Waals surface area contributed by atoms with Crippen molar-refractivity contribution in [3.8, 4) is 6.07 Å². The lowest BCUT2D eigenvalue weighted by Gasteiger charge is -2.28. The number of amides is 1. The Bertz CT molecular complexity index is 666. The van der Waals surface area contributed by atoms with Gasteiger partial charge in [-0.3, -0.25) is 4.79 Å². The van der Waals surface area contributed by atoms with Crippen molar-refractivity contribution in [3.63, 3.8) is 0 Å². The molecule has 3 rings (SSSR count). The van der Waals surface area contributed by atoms with E-state index in [1.54, 1.807) is 0 Å². The van der Waals surface area contributed by atoms with Gasteiger partial charge in [-0.25, -0.2) is 0 Å². The van der Waals surface area contributed by atoms with E-state index in [0.29, 0.717) is 6.54 Å². The van der Waals surface area contributed by atoms with E-state index in [0.717, 1.165) is 38.2 Å². The minimum absolute atomic E-state index is 0.0584. The Morgan fingerprint density at radius 3 is 2.65 bits per heavy atom. The van der Waals surface area contributed by atoms with Gasteiger partial charge in [0, 0.05) is 43.8 Å². The summed E-state index contributed by atoms with van der Waals surface area (Å²) in [5, 5.41) is 15.0. The van der Waals surface area contributed by atoms with Gasteiger partial charge in [0.1, 0.15) is 11.6 Å². The first-order valence-corrected chi connectivity index (χ1v) is 9.38. The van der Waals surface area contributed by atoms with Gasteiger partial charge in [0.2, 0.25) is 0 Å². The fourth-order valence-electron chi connectivity index (χ4n) is 3.33. The van der Waals surface area contributed by atoms with Gasteiger partial charge in [0.05, 0.1) is 6.10 Å². The van der Waals surface area contributed by atoms with Crippen LogP contribution in [0.1, 0.15) is 32.1 Å². The molecule has 1 atom stereocenters. The summed E-state index contributed by atoms with van der Waals surface area (Å²) in [6, 6.07) is 10.0. The molecule has 0 aliphatic carbocycles. The van der Waals surface area contributed by atoms with Crippen molar-refractivity contribution in [2.75, 3.05) is 36.5 Å². The molecule has 2 aliphatic heterocycles. The SMILES string of the molecule is N#C/C(=C/Nc1ccc(N2CCCCC2)cc1)C(=O)NCC1CCCO1. The normalized spacial score (nSPS) is 20.5. The molecule has 2 N–H and O–H groups in total. The molecule has 26 heavy (non-hydrogen) atoms. The molecular weight excluding hydrogens is 328 g/mol. The van der Waals surface area contributed by atoms with E-state index in [4.69, 9.17) is 4.74 Å². The number of hydrogen-bond acceptors (Lipinski definition) is 5. The van der Waals surface area contributed by atoms with Crippen LogP contribution in [0.5, 0.6) is 0 Å². The fraction of sp³-hybridized carbons (Fsp3) is 0.500. The lowest BCUT2D eigenvalue weighted by molar-refractivity contribution is -0.117. The molecule has 2 saturated heterocycles. The second-order valence-corrected chi connectivity index (χ2v) is 6.75. The number of carbonyl (C=O) groups excluding carboxylic acids is 1. The summed E-state index contributed by atoms with van der Waals surface area (Å²) in [7, 11) is 0. The Balaban J connectivity index is 1.52. The zero-order valence-electron chi connectivity index (χ0n) is 15.0. The molecule has 1 aromatic carbocycles. The summed E-state index contributed by atoms with van der Waals surface area (Å²) < 4.78 is 5.47. The zero-order chi connectivity index (χ0) is 18.2. The second-order valence-electron chi connectivity index (χ2n) is 6.75. The maximum atomic E-state index is 12.1. The lowest BCUT2D eigenvalue weighted by atomic mass is 10.1. The quantitative estimate of drug-likeness (QED) is 0.607. The van der Waals surface area contributed by atoms with Crippen LogP contribution in [0, 0.1) is 11.3 Å². The standard InChI is InChI=1S/C20H26N4O2/c21-13-16(20(25)23-15-19-5-4-12-26-19)14-22-17-6-8-18(9-7-17)24-10-2-1-3-11-24/h6-9,14,19,22H,1-5,10-12,15H2,(H,23,25)/b16-14-. The monoisotopic (exact) mass is 354 g/mol. The van der Waals surface area contributed by atoms with E-state index in [-0.39, 0.29) is 17.6 Å². The third kappa shape index (κ3) is 4.99.